The lowest BCUT2D eigenvalue weighted by Gasteiger charge is -2.05. The zero-order valence-electron chi connectivity index (χ0n) is 8.07. The van der Waals surface area contributed by atoms with Crippen LogP contribution >= 0.6 is 0 Å². The van der Waals surface area contributed by atoms with E-state index < -0.39 is 0 Å². The first kappa shape index (κ1) is 10.6. The molecule has 1 aromatic rings. The van der Waals surface area contributed by atoms with Gasteiger partial charge >= 0.3 is 0 Å². The number of nitrogens with zero attached hydrogens (tertiary/aromatic N) is 1. The molecule has 0 saturated carbocycles. The van der Waals surface area contributed by atoms with E-state index in [2.05, 4.69) is 5.32 Å². The molecule has 1 N–H and O–H groups in total. The van der Waals surface area contributed by atoms with Crippen LogP contribution in [0.5, 0.6) is 0 Å². The molecule has 0 fully saturated rings. The van der Waals surface area contributed by atoms with Gasteiger partial charge in [-0.1, -0.05) is 18.2 Å². The fourth-order valence-corrected chi connectivity index (χ4v) is 1.04. The molecule has 3 heteroatoms. The Kier molecular flexibility index (Phi) is 5.22. The number of nitriles is 1. The van der Waals surface area contributed by atoms with Crippen molar-refractivity contribution in [2.24, 2.45) is 0 Å². The van der Waals surface area contributed by atoms with Crippen molar-refractivity contribution in [3.8, 4) is 6.07 Å². The van der Waals surface area contributed by atoms with Crippen LogP contribution in [0.4, 0.5) is 5.69 Å². The third-order valence-corrected chi connectivity index (χ3v) is 1.71. The van der Waals surface area contributed by atoms with E-state index in [0.29, 0.717) is 19.6 Å². The van der Waals surface area contributed by atoms with Crippen LogP contribution in [-0.4, -0.2) is 19.8 Å². The highest BCUT2D eigenvalue weighted by atomic mass is 16.5. The molecular formula is C11H14N2O. The lowest BCUT2D eigenvalue weighted by atomic mass is 10.3. The van der Waals surface area contributed by atoms with Crippen molar-refractivity contribution in [2.75, 3.05) is 25.1 Å². The van der Waals surface area contributed by atoms with Gasteiger partial charge in [0.1, 0.15) is 0 Å². The molecule has 74 valence electrons. The minimum atomic E-state index is 0.464. The van der Waals surface area contributed by atoms with Crippen molar-refractivity contribution >= 4 is 5.69 Å². The van der Waals surface area contributed by atoms with E-state index in [1.54, 1.807) is 0 Å². The molecule has 1 aromatic carbocycles. The van der Waals surface area contributed by atoms with Gasteiger partial charge in [0, 0.05) is 12.2 Å². The first-order chi connectivity index (χ1) is 6.93. The zero-order chi connectivity index (χ0) is 10.1. The normalized spacial score (nSPS) is 9.36. The summed E-state index contributed by atoms with van der Waals surface area (Å²) in [5.74, 6) is 0. The Morgan fingerprint density at radius 3 is 2.71 bits per heavy atom. The van der Waals surface area contributed by atoms with Crippen LogP contribution in [0.1, 0.15) is 6.42 Å². The Bertz CT molecular complexity index is 279. The fourth-order valence-electron chi connectivity index (χ4n) is 1.04. The molecule has 0 amide bonds. The number of para-hydroxylation sites is 1. The number of ether oxygens (including phenoxy) is 1. The second-order valence-electron chi connectivity index (χ2n) is 2.81. The van der Waals surface area contributed by atoms with Crippen LogP contribution in [0.2, 0.25) is 0 Å². The van der Waals surface area contributed by atoms with Crippen molar-refractivity contribution < 1.29 is 4.74 Å². The SMILES string of the molecule is N#CCCOCCNc1ccccc1. The van der Waals surface area contributed by atoms with E-state index in [9.17, 15) is 0 Å². The number of anilines is 1. The van der Waals surface area contributed by atoms with Gasteiger partial charge in [0.15, 0.2) is 0 Å². The molecule has 1 rings (SSSR count). The van der Waals surface area contributed by atoms with Gasteiger partial charge in [0.2, 0.25) is 0 Å². The minimum Gasteiger partial charge on any atom is -0.383 e. The molecule has 0 aliphatic heterocycles. The average molecular weight is 190 g/mol. The Hall–Kier alpha value is -1.53. The summed E-state index contributed by atoms with van der Waals surface area (Å²) in [5.41, 5.74) is 1.09. The van der Waals surface area contributed by atoms with Gasteiger partial charge in [-0.2, -0.15) is 5.26 Å². The third-order valence-electron chi connectivity index (χ3n) is 1.71. The predicted octanol–water partition coefficient (Wildman–Crippen LogP) is 2.03. The van der Waals surface area contributed by atoms with Crippen molar-refractivity contribution in [1.29, 1.82) is 5.26 Å². The van der Waals surface area contributed by atoms with Crippen LogP contribution in [0.3, 0.4) is 0 Å². The zero-order valence-corrected chi connectivity index (χ0v) is 8.07. The van der Waals surface area contributed by atoms with Gasteiger partial charge in [-0.3, -0.25) is 0 Å². The van der Waals surface area contributed by atoms with E-state index in [1.807, 2.05) is 36.4 Å². The second kappa shape index (κ2) is 6.93. The topological polar surface area (TPSA) is 45.0 Å². The summed E-state index contributed by atoms with van der Waals surface area (Å²) in [5, 5.41) is 11.5. The molecule has 0 aliphatic rings. The molecular weight excluding hydrogens is 176 g/mol. The maximum absolute atomic E-state index is 8.26. The first-order valence-electron chi connectivity index (χ1n) is 4.67. The highest BCUT2D eigenvalue weighted by Crippen LogP contribution is 2.03. The predicted molar refractivity (Wildman–Crippen MR) is 56.0 cm³/mol. The lowest BCUT2D eigenvalue weighted by Crippen LogP contribution is -2.09. The molecule has 0 aliphatic carbocycles. The van der Waals surface area contributed by atoms with Crippen LogP contribution in [0, 0.1) is 11.3 Å². The molecule has 0 aromatic heterocycles. The van der Waals surface area contributed by atoms with E-state index in [-0.39, 0.29) is 0 Å². The number of hydrogen-bond donors (Lipinski definition) is 1. The number of nitrogens with one attached hydrogen (secondary N) is 1. The summed E-state index contributed by atoms with van der Waals surface area (Å²) < 4.78 is 5.21. The number of rotatable bonds is 6. The fraction of sp³-hybridized carbons (Fsp3) is 0.364. The molecule has 0 spiro atoms. The standard InChI is InChI=1S/C11H14N2O/c12-7-4-9-14-10-8-13-11-5-2-1-3-6-11/h1-3,5-6,13H,4,8-10H2. The monoisotopic (exact) mass is 190 g/mol. The number of hydrogen-bond acceptors (Lipinski definition) is 3. The maximum atomic E-state index is 8.26. The highest BCUT2D eigenvalue weighted by molar-refractivity contribution is 5.42. The largest absolute Gasteiger partial charge is 0.383 e. The molecule has 14 heavy (non-hydrogen) atoms. The minimum absolute atomic E-state index is 0.464. The van der Waals surface area contributed by atoms with Crippen molar-refractivity contribution in [1.82, 2.24) is 0 Å². The Morgan fingerprint density at radius 1 is 1.21 bits per heavy atom. The first-order valence-corrected chi connectivity index (χ1v) is 4.67. The highest BCUT2D eigenvalue weighted by Gasteiger charge is 1.89. The van der Waals surface area contributed by atoms with Crippen molar-refractivity contribution in [3.63, 3.8) is 0 Å². The van der Waals surface area contributed by atoms with E-state index in [0.717, 1.165) is 12.2 Å². The summed E-state index contributed by atoms with van der Waals surface area (Å²) in [6, 6.07) is 12.0. The Morgan fingerprint density at radius 2 is 2.00 bits per heavy atom. The molecule has 0 atom stereocenters. The quantitative estimate of drug-likeness (QED) is 0.698. The lowest BCUT2D eigenvalue weighted by molar-refractivity contribution is 0.150. The summed E-state index contributed by atoms with van der Waals surface area (Å²) in [6.45, 7) is 1.93. The molecule has 0 heterocycles. The van der Waals surface area contributed by atoms with Crippen molar-refractivity contribution in [2.45, 2.75) is 6.42 Å². The van der Waals surface area contributed by atoms with Gasteiger partial charge in [0.25, 0.3) is 0 Å². The van der Waals surface area contributed by atoms with Gasteiger partial charge in [-0.15, -0.1) is 0 Å². The molecule has 0 saturated heterocycles. The molecule has 0 radical (unpaired) electrons. The smallest absolute Gasteiger partial charge is 0.0645 e. The van der Waals surface area contributed by atoms with E-state index in [1.165, 1.54) is 0 Å². The second-order valence-corrected chi connectivity index (χ2v) is 2.81. The Balaban J connectivity index is 2.03. The molecule has 0 bridgehead atoms. The average Bonchev–Trinajstić information content (AvgIpc) is 2.25. The van der Waals surface area contributed by atoms with Gasteiger partial charge in [0.05, 0.1) is 25.7 Å². The van der Waals surface area contributed by atoms with Crippen LogP contribution in [0.15, 0.2) is 30.3 Å². The third kappa shape index (κ3) is 4.48. The van der Waals surface area contributed by atoms with Crippen LogP contribution < -0.4 is 5.32 Å². The van der Waals surface area contributed by atoms with Crippen LogP contribution in [0.25, 0.3) is 0 Å². The number of benzene rings is 1. The maximum Gasteiger partial charge on any atom is 0.0645 e. The van der Waals surface area contributed by atoms with E-state index in [4.69, 9.17) is 10.00 Å². The Labute approximate surface area is 84.3 Å². The summed E-state index contributed by atoms with van der Waals surface area (Å²) in [4.78, 5) is 0. The summed E-state index contributed by atoms with van der Waals surface area (Å²) >= 11 is 0. The van der Waals surface area contributed by atoms with E-state index >= 15 is 0 Å². The van der Waals surface area contributed by atoms with Crippen molar-refractivity contribution in [3.05, 3.63) is 30.3 Å². The van der Waals surface area contributed by atoms with Gasteiger partial charge in [-0.25, -0.2) is 0 Å². The molecule has 3 nitrogen and oxygen atoms in total. The van der Waals surface area contributed by atoms with Gasteiger partial charge < -0.3 is 10.1 Å². The summed E-state index contributed by atoms with van der Waals surface area (Å²) in [7, 11) is 0. The molecule has 0 unspecified atom stereocenters. The summed E-state index contributed by atoms with van der Waals surface area (Å²) in [6.07, 6.45) is 0.464. The van der Waals surface area contributed by atoms with Gasteiger partial charge in [-0.05, 0) is 12.1 Å². The van der Waals surface area contributed by atoms with Crippen LogP contribution in [-0.2, 0) is 4.74 Å².